The second-order valence-corrected chi connectivity index (χ2v) is 8.45. The maximum absolute atomic E-state index is 12.0. The van der Waals surface area contributed by atoms with E-state index in [-0.39, 0.29) is 11.3 Å². The third-order valence-corrected chi connectivity index (χ3v) is 6.12. The van der Waals surface area contributed by atoms with E-state index in [1.807, 2.05) is 60.7 Å². The topological polar surface area (TPSA) is 112 Å². The van der Waals surface area contributed by atoms with Crippen LogP contribution in [0.25, 0.3) is 21.7 Å². The standard InChI is InChI=1S/C29H24N2O5/c32-28(33)19-9-3-10-20(17-19)30-24-14-5-12-22-23(27(29(34)35)31-26(22)24)13-6-16-36-25-15-4-8-18-7-1-2-11-21(18)25/h1-5,7-12,14-15,17,30-31H,6,13,16H2,(H,32,33)(H,34,35). The Morgan fingerprint density at radius 2 is 1.58 bits per heavy atom. The number of hydrogen-bond donors (Lipinski definition) is 4. The van der Waals surface area contributed by atoms with Crippen LogP contribution in [0.2, 0.25) is 0 Å². The third kappa shape index (κ3) is 4.59. The summed E-state index contributed by atoms with van der Waals surface area (Å²) in [5.74, 6) is -1.24. The predicted molar refractivity (Wildman–Crippen MR) is 140 cm³/mol. The molecule has 4 N–H and O–H groups in total. The molecule has 0 fully saturated rings. The molecule has 180 valence electrons. The van der Waals surface area contributed by atoms with Crippen molar-refractivity contribution in [2.75, 3.05) is 11.9 Å². The number of H-pyrrole nitrogens is 1. The van der Waals surface area contributed by atoms with E-state index in [4.69, 9.17) is 4.74 Å². The van der Waals surface area contributed by atoms with Gasteiger partial charge in [0, 0.05) is 16.5 Å². The van der Waals surface area contributed by atoms with Gasteiger partial charge in [0.05, 0.1) is 23.4 Å². The summed E-state index contributed by atoms with van der Waals surface area (Å²) >= 11 is 0. The summed E-state index contributed by atoms with van der Waals surface area (Å²) in [4.78, 5) is 26.4. The molecule has 0 aliphatic rings. The van der Waals surface area contributed by atoms with Gasteiger partial charge in [-0.05, 0) is 54.1 Å². The van der Waals surface area contributed by atoms with E-state index in [1.165, 1.54) is 12.1 Å². The Hall–Kier alpha value is -4.78. The lowest BCUT2D eigenvalue weighted by Gasteiger charge is -2.10. The molecule has 0 atom stereocenters. The van der Waals surface area contributed by atoms with Crippen molar-refractivity contribution in [2.45, 2.75) is 12.8 Å². The molecule has 1 heterocycles. The average molecular weight is 481 g/mol. The van der Waals surface area contributed by atoms with E-state index in [9.17, 15) is 19.8 Å². The van der Waals surface area contributed by atoms with E-state index in [0.717, 1.165) is 21.9 Å². The van der Waals surface area contributed by atoms with Crippen molar-refractivity contribution in [1.82, 2.24) is 4.98 Å². The number of rotatable bonds is 9. The Bertz CT molecular complexity index is 1580. The number of nitrogens with one attached hydrogen (secondary N) is 2. The van der Waals surface area contributed by atoms with Crippen molar-refractivity contribution in [3.05, 3.63) is 102 Å². The summed E-state index contributed by atoms with van der Waals surface area (Å²) < 4.78 is 6.05. The molecule has 0 spiro atoms. The minimum absolute atomic E-state index is 0.142. The zero-order valence-electron chi connectivity index (χ0n) is 19.3. The number of carboxylic acids is 2. The molecule has 0 saturated heterocycles. The fourth-order valence-corrected chi connectivity index (χ4v) is 4.46. The van der Waals surface area contributed by atoms with Gasteiger partial charge in [-0.1, -0.05) is 54.6 Å². The molecule has 0 saturated carbocycles. The molecule has 0 aliphatic heterocycles. The number of aromatic nitrogens is 1. The van der Waals surface area contributed by atoms with Crippen molar-refractivity contribution in [3.8, 4) is 5.75 Å². The number of aryl methyl sites for hydroxylation is 1. The number of hydrogen-bond acceptors (Lipinski definition) is 4. The lowest BCUT2D eigenvalue weighted by atomic mass is 10.0. The van der Waals surface area contributed by atoms with Gasteiger partial charge in [0.15, 0.2) is 0 Å². The number of anilines is 2. The molecule has 0 radical (unpaired) electrons. The van der Waals surface area contributed by atoms with Crippen LogP contribution in [0.1, 0.15) is 32.8 Å². The van der Waals surface area contributed by atoms with E-state index >= 15 is 0 Å². The predicted octanol–water partition coefficient (Wildman–Crippen LogP) is 6.47. The Morgan fingerprint density at radius 3 is 2.42 bits per heavy atom. The summed E-state index contributed by atoms with van der Waals surface area (Å²) in [7, 11) is 0. The Balaban J connectivity index is 1.37. The summed E-state index contributed by atoms with van der Waals surface area (Å²) in [6.45, 7) is 0.444. The van der Waals surface area contributed by atoms with Crippen molar-refractivity contribution >= 4 is 45.0 Å². The van der Waals surface area contributed by atoms with Crippen LogP contribution in [0, 0.1) is 0 Å². The summed E-state index contributed by atoms with van der Waals surface area (Å²) in [5.41, 5.74) is 2.93. The average Bonchev–Trinajstić information content (AvgIpc) is 3.27. The SMILES string of the molecule is O=C(O)c1cccc(Nc2cccc3c(CCCOc4cccc5ccccc45)c(C(=O)O)[nH]c23)c1. The highest BCUT2D eigenvalue weighted by Crippen LogP contribution is 2.32. The molecular weight excluding hydrogens is 456 g/mol. The van der Waals surface area contributed by atoms with Crippen molar-refractivity contribution in [1.29, 1.82) is 0 Å². The van der Waals surface area contributed by atoms with Crippen LogP contribution >= 0.6 is 0 Å². The highest BCUT2D eigenvalue weighted by atomic mass is 16.5. The number of carboxylic acid groups (broad SMARTS) is 2. The van der Waals surface area contributed by atoms with Crippen LogP contribution in [0.4, 0.5) is 11.4 Å². The van der Waals surface area contributed by atoms with E-state index in [2.05, 4.69) is 10.3 Å². The Labute approximate surface area is 207 Å². The number of benzene rings is 4. The number of carbonyl (C=O) groups is 2. The molecular formula is C29H24N2O5. The number of fused-ring (bicyclic) bond motifs is 2. The lowest BCUT2D eigenvalue weighted by molar-refractivity contribution is 0.0682. The van der Waals surface area contributed by atoms with Gasteiger partial charge in [0.25, 0.3) is 0 Å². The van der Waals surface area contributed by atoms with Gasteiger partial charge in [-0.25, -0.2) is 9.59 Å². The molecule has 0 aliphatic carbocycles. The first-order chi connectivity index (χ1) is 17.5. The molecule has 5 aromatic rings. The van der Waals surface area contributed by atoms with Crippen LogP contribution < -0.4 is 10.1 Å². The maximum Gasteiger partial charge on any atom is 0.352 e. The molecule has 7 heteroatoms. The quantitative estimate of drug-likeness (QED) is 0.180. The monoisotopic (exact) mass is 480 g/mol. The van der Waals surface area contributed by atoms with Crippen molar-refractivity contribution < 1.29 is 24.5 Å². The fraction of sp³-hybridized carbons (Fsp3) is 0.103. The smallest absolute Gasteiger partial charge is 0.352 e. The molecule has 5 rings (SSSR count). The summed E-state index contributed by atoms with van der Waals surface area (Å²) in [6, 6.07) is 26.0. The number of ether oxygens (including phenoxy) is 1. The Morgan fingerprint density at radius 1 is 0.833 bits per heavy atom. The fourth-order valence-electron chi connectivity index (χ4n) is 4.46. The number of aromatic amines is 1. The molecule has 0 bridgehead atoms. The molecule has 0 unspecified atom stereocenters. The zero-order chi connectivity index (χ0) is 25.1. The molecule has 0 amide bonds. The number of aromatic carboxylic acids is 2. The molecule has 1 aromatic heterocycles. The summed E-state index contributed by atoms with van der Waals surface area (Å²) in [6.07, 6.45) is 1.15. The van der Waals surface area contributed by atoms with Gasteiger partial charge in [-0.2, -0.15) is 0 Å². The van der Waals surface area contributed by atoms with Crippen LogP contribution in [0.15, 0.2) is 84.9 Å². The first-order valence-corrected chi connectivity index (χ1v) is 11.6. The lowest BCUT2D eigenvalue weighted by Crippen LogP contribution is -2.04. The van der Waals surface area contributed by atoms with E-state index in [1.54, 1.807) is 12.1 Å². The second-order valence-electron chi connectivity index (χ2n) is 8.45. The molecule has 36 heavy (non-hydrogen) atoms. The van der Waals surface area contributed by atoms with Gasteiger partial charge >= 0.3 is 11.9 Å². The van der Waals surface area contributed by atoms with Crippen LogP contribution in [0.5, 0.6) is 5.75 Å². The largest absolute Gasteiger partial charge is 0.493 e. The number of para-hydroxylation sites is 1. The maximum atomic E-state index is 12.0. The molecule has 7 nitrogen and oxygen atoms in total. The minimum atomic E-state index is -1.03. The van der Waals surface area contributed by atoms with Gasteiger partial charge in [0.1, 0.15) is 11.4 Å². The van der Waals surface area contributed by atoms with Gasteiger partial charge in [-0.15, -0.1) is 0 Å². The molecule has 4 aromatic carbocycles. The van der Waals surface area contributed by atoms with E-state index in [0.29, 0.717) is 41.9 Å². The summed E-state index contributed by atoms with van der Waals surface area (Å²) in [5, 5.41) is 25.3. The highest BCUT2D eigenvalue weighted by Gasteiger charge is 2.19. The van der Waals surface area contributed by atoms with Gasteiger partial charge < -0.3 is 25.3 Å². The highest BCUT2D eigenvalue weighted by molar-refractivity contribution is 6.02. The third-order valence-electron chi connectivity index (χ3n) is 6.12. The van der Waals surface area contributed by atoms with Crippen LogP contribution in [-0.4, -0.2) is 33.7 Å². The van der Waals surface area contributed by atoms with Crippen LogP contribution in [0.3, 0.4) is 0 Å². The zero-order valence-corrected chi connectivity index (χ0v) is 19.3. The normalized spacial score (nSPS) is 11.0. The van der Waals surface area contributed by atoms with Crippen LogP contribution in [-0.2, 0) is 6.42 Å². The van der Waals surface area contributed by atoms with E-state index < -0.39 is 11.9 Å². The second kappa shape index (κ2) is 9.84. The minimum Gasteiger partial charge on any atom is -0.493 e. The first-order valence-electron chi connectivity index (χ1n) is 11.6. The van der Waals surface area contributed by atoms with Gasteiger partial charge in [0.2, 0.25) is 0 Å². The van der Waals surface area contributed by atoms with Crippen molar-refractivity contribution in [2.24, 2.45) is 0 Å². The Kier molecular flexibility index (Phi) is 6.28. The van der Waals surface area contributed by atoms with Crippen molar-refractivity contribution in [3.63, 3.8) is 0 Å². The van der Waals surface area contributed by atoms with Gasteiger partial charge in [-0.3, -0.25) is 0 Å². The first kappa shape index (κ1) is 23.0.